The van der Waals surface area contributed by atoms with Crippen molar-refractivity contribution in [1.82, 2.24) is 24.9 Å². The Hall–Kier alpha value is -2.12. The van der Waals surface area contributed by atoms with Gasteiger partial charge in [-0.25, -0.2) is 0 Å². The second-order valence-corrected chi connectivity index (χ2v) is 8.81. The topological polar surface area (TPSA) is 54.4 Å². The molecule has 1 aromatic rings. The van der Waals surface area contributed by atoms with E-state index in [-0.39, 0.29) is 6.04 Å². The van der Waals surface area contributed by atoms with Gasteiger partial charge in [0, 0.05) is 52.9 Å². The average Bonchev–Trinajstić information content (AvgIpc) is 3.39. The van der Waals surface area contributed by atoms with Gasteiger partial charge in [0.15, 0.2) is 5.96 Å². The minimum atomic E-state index is -0.0321. The van der Waals surface area contributed by atoms with E-state index in [9.17, 15) is 4.79 Å². The van der Waals surface area contributed by atoms with E-state index in [0.29, 0.717) is 11.9 Å². The lowest BCUT2D eigenvalue weighted by molar-refractivity contribution is -0.135. The van der Waals surface area contributed by atoms with Crippen LogP contribution in [0.3, 0.4) is 0 Å². The molecule has 32 heavy (non-hydrogen) atoms. The number of nitrogens with zero attached hydrogens (tertiary/aromatic N) is 5. The van der Waals surface area contributed by atoms with Gasteiger partial charge in [-0.2, -0.15) is 0 Å². The first-order valence-corrected chi connectivity index (χ1v) is 12.4. The minimum Gasteiger partial charge on any atom is -0.354 e. The zero-order valence-electron chi connectivity index (χ0n) is 20.5. The van der Waals surface area contributed by atoms with E-state index in [1.165, 1.54) is 5.56 Å². The third kappa shape index (κ3) is 6.01. The lowest BCUT2D eigenvalue weighted by atomic mass is 10.1. The number of benzene rings is 1. The van der Waals surface area contributed by atoms with Crippen molar-refractivity contribution in [2.24, 2.45) is 4.99 Å². The fourth-order valence-electron chi connectivity index (χ4n) is 5.00. The summed E-state index contributed by atoms with van der Waals surface area (Å²) in [5, 5.41) is 3.64. The number of piperazine rings is 1. The molecule has 7 nitrogen and oxygen atoms in total. The summed E-state index contributed by atoms with van der Waals surface area (Å²) in [6, 6.07) is 11.0. The van der Waals surface area contributed by atoms with Gasteiger partial charge in [-0.1, -0.05) is 44.2 Å². The zero-order chi connectivity index (χ0) is 22.9. The van der Waals surface area contributed by atoms with E-state index in [1.54, 1.807) is 0 Å². The third-order valence-corrected chi connectivity index (χ3v) is 7.04. The molecule has 1 N–H and O–H groups in total. The molecule has 2 aliphatic heterocycles. The van der Waals surface area contributed by atoms with Crippen molar-refractivity contribution in [3.05, 3.63) is 35.9 Å². The number of carbonyl (C=O) groups excluding carboxylic acids is 1. The number of carbonyl (C=O) groups is 1. The Bertz CT molecular complexity index is 721. The van der Waals surface area contributed by atoms with E-state index in [2.05, 4.69) is 76.1 Å². The molecule has 7 heteroatoms. The molecule has 178 valence electrons. The van der Waals surface area contributed by atoms with E-state index in [1.807, 2.05) is 11.9 Å². The molecule has 2 atom stereocenters. The van der Waals surface area contributed by atoms with Crippen LogP contribution in [0.5, 0.6) is 0 Å². The van der Waals surface area contributed by atoms with Gasteiger partial charge >= 0.3 is 0 Å². The molecular weight excluding hydrogens is 400 g/mol. The van der Waals surface area contributed by atoms with Crippen molar-refractivity contribution in [2.75, 3.05) is 66.0 Å². The molecule has 2 aliphatic rings. The third-order valence-electron chi connectivity index (χ3n) is 7.04. The molecule has 2 fully saturated rings. The van der Waals surface area contributed by atoms with Gasteiger partial charge in [-0.05, 0) is 38.4 Å². The second-order valence-electron chi connectivity index (χ2n) is 8.81. The Morgan fingerprint density at radius 3 is 2.19 bits per heavy atom. The predicted molar refractivity (Wildman–Crippen MR) is 132 cm³/mol. The van der Waals surface area contributed by atoms with Gasteiger partial charge < -0.3 is 15.1 Å². The lowest BCUT2D eigenvalue weighted by Gasteiger charge is -2.40. The largest absolute Gasteiger partial charge is 0.354 e. The van der Waals surface area contributed by atoms with Crippen LogP contribution in [-0.4, -0.2) is 103 Å². The van der Waals surface area contributed by atoms with Crippen LogP contribution in [0.4, 0.5) is 0 Å². The molecule has 0 bridgehead atoms. The van der Waals surface area contributed by atoms with Crippen LogP contribution in [0.2, 0.25) is 0 Å². The summed E-state index contributed by atoms with van der Waals surface area (Å²) in [4.78, 5) is 26.5. The maximum atomic E-state index is 12.8. The van der Waals surface area contributed by atoms with Gasteiger partial charge in [-0.15, -0.1) is 0 Å². The number of amides is 1. The summed E-state index contributed by atoms with van der Waals surface area (Å²) >= 11 is 0. The van der Waals surface area contributed by atoms with Gasteiger partial charge in [0.2, 0.25) is 5.91 Å². The average molecular weight is 443 g/mol. The summed E-state index contributed by atoms with van der Waals surface area (Å²) in [7, 11) is 1.86. The molecule has 1 aromatic carbocycles. The Morgan fingerprint density at radius 2 is 1.62 bits per heavy atom. The van der Waals surface area contributed by atoms with E-state index in [0.717, 1.165) is 77.7 Å². The Kier molecular flexibility index (Phi) is 9.36. The van der Waals surface area contributed by atoms with Gasteiger partial charge in [0.25, 0.3) is 0 Å². The summed E-state index contributed by atoms with van der Waals surface area (Å²) in [6.07, 6.45) is 2.29. The standard InChI is InChI=1S/C25H42N6O/c1-5-28(6-2)23(22-12-8-7-9-13-22)20-27-25(26-4)31-18-16-29(17-19-31)21(3)24(32)30-14-10-11-15-30/h7-9,12-13,21,23H,5-6,10-11,14-20H2,1-4H3,(H,26,27). The molecule has 2 heterocycles. The summed E-state index contributed by atoms with van der Waals surface area (Å²) in [6.45, 7) is 14.8. The van der Waals surface area contributed by atoms with Crippen LogP contribution in [0.15, 0.2) is 35.3 Å². The van der Waals surface area contributed by atoms with Crippen LogP contribution in [0.25, 0.3) is 0 Å². The SMILES string of the molecule is CCN(CC)C(CNC(=NC)N1CCN(C(C)C(=O)N2CCCC2)CC1)c1ccccc1. The van der Waals surface area contributed by atoms with Crippen molar-refractivity contribution in [2.45, 2.75) is 45.7 Å². The van der Waals surface area contributed by atoms with Crippen molar-refractivity contribution in [3.8, 4) is 0 Å². The molecule has 2 saturated heterocycles. The predicted octanol–water partition coefficient (Wildman–Crippen LogP) is 2.27. The molecule has 0 spiro atoms. The molecule has 1 amide bonds. The number of hydrogen-bond donors (Lipinski definition) is 1. The number of guanidine groups is 1. The van der Waals surface area contributed by atoms with E-state index < -0.39 is 0 Å². The van der Waals surface area contributed by atoms with Crippen LogP contribution >= 0.6 is 0 Å². The number of likely N-dealkylation sites (tertiary alicyclic amines) is 1. The van der Waals surface area contributed by atoms with Gasteiger partial charge in [0.05, 0.1) is 12.1 Å². The minimum absolute atomic E-state index is 0.0321. The highest BCUT2D eigenvalue weighted by Gasteiger charge is 2.30. The van der Waals surface area contributed by atoms with Gasteiger partial charge in [0.1, 0.15) is 0 Å². The number of hydrogen-bond acceptors (Lipinski definition) is 4. The number of nitrogens with one attached hydrogen (secondary N) is 1. The first-order valence-electron chi connectivity index (χ1n) is 12.4. The number of aliphatic imine (C=N–C) groups is 1. The van der Waals surface area contributed by atoms with Crippen LogP contribution in [0, 0.1) is 0 Å². The highest BCUT2D eigenvalue weighted by atomic mass is 16.2. The fourth-order valence-corrected chi connectivity index (χ4v) is 5.00. The maximum Gasteiger partial charge on any atom is 0.239 e. The fraction of sp³-hybridized carbons (Fsp3) is 0.680. The monoisotopic (exact) mass is 442 g/mol. The lowest BCUT2D eigenvalue weighted by Crippen LogP contribution is -2.57. The summed E-state index contributed by atoms with van der Waals surface area (Å²) < 4.78 is 0. The number of rotatable bonds is 8. The van der Waals surface area contributed by atoms with Gasteiger partial charge in [-0.3, -0.25) is 19.6 Å². The van der Waals surface area contributed by atoms with Crippen LogP contribution in [-0.2, 0) is 4.79 Å². The first-order chi connectivity index (χ1) is 15.6. The van der Waals surface area contributed by atoms with Crippen molar-refractivity contribution >= 4 is 11.9 Å². The second kappa shape index (κ2) is 12.2. The van der Waals surface area contributed by atoms with Crippen molar-refractivity contribution < 1.29 is 4.79 Å². The maximum absolute atomic E-state index is 12.8. The molecule has 0 aromatic heterocycles. The molecule has 0 radical (unpaired) electrons. The molecule has 3 rings (SSSR count). The first kappa shape index (κ1) is 24.5. The van der Waals surface area contributed by atoms with Crippen molar-refractivity contribution in [3.63, 3.8) is 0 Å². The Morgan fingerprint density at radius 1 is 1.00 bits per heavy atom. The summed E-state index contributed by atoms with van der Waals surface area (Å²) in [5.74, 6) is 1.25. The highest BCUT2D eigenvalue weighted by Crippen LogP contribution is 2.20. The molecule has 2 unspecified atom stereocenters. The zero-order valence-corrected chi connectivity index (χ0v) is 20.5. The Balaban J connectivity index is 1.55. The smallest absolute Gasteiger partial charge is 0.239 e. The quantitative estimate of drug-likeness (QED) is 0.495. The van der Waals surface area contributed by atoms with Crippen LogP contribution in [0.1, 0.15) is 45.2 Å². The van der Waals surface area contributed by atoms with E-state index >= 15 is 0 Å². The Labute approximate surface area is 194 Å². The molecule has 0 aliphatic carbocycles. The summed E-state index contributed by atoms with van der Waals surface area (Å²) in [5.41, 5.74) is 1.33. The van der Waals surface area contributed by atoms with Crippen molar-refractivity contribution in [1.29, 1.82) is 0 Å². The molecule has 0 saturated carbocycles. The normalized spacial score (nSPS) is 20.0. The molecular formula is C25H42N6O. The number of likely N-dealkylation sites (N-methyl/N-ethyl adjacent to an activating group) is 1. The highest BCUT2D eigenvalue weighted by molar-refractivity contribution is 5.82. The van der Waals surface area contributed by atoms with Crippen LogP contribution < -0.4 is 5.32 Å². The van der Waals surface area contributed by atoms with E-state index in [4.69, 9.17) is 0 Å².